The molecule has 0 saturated carbocycles. The van der Waals surface area contributed by atoms with E-state index in [1.165, 1.54) is 6.07 Å². The monoisotopic (exact) mass is 202 g/mol. The van der Waals surface area contributed by atoms with Gasteiger partial charge in [-0.3, -0.25) is 0 Å². The van der Waals surface area contributed by atoms with Gasteiger partial charge in [-0.25, -0.2) is 4.39 Å². The molecule has 0 unspecified atom stereocenters. The third-order valence-electron chi connectivity index (χ3n) is 1.90. The quantitative estimate of drug-likeness (QED) is 0.505. The van der Waals surface area contributed by atoms with Crippen molar-refractivity contribution in [3.05, 3.63) is 29.1 Å². The van der Waals surface area contributed by atoms with Gasteiger partial charge < -0.3 is 12.9 Å². The summed E-state index contributed by atoms with van der Waals surface area (Å²) in [5.74, 6) is -0.801. The number of nitrogens with zero attached hydrogens (tertiary/aromatic N) is 1. The number of hydrogen-bond acceptors (Lipinski definition) is 1. The Morgan fingerprint density at radius 3 is 2.29 bits per heavy atom. The number of rotatable bonds is 1. The predicted molar refractivity (Wildman–Crippen MR) is 44.6 cm³/mol. The highest BCUT2D eigenvalue weighted by atomic mass is 19.4. The van der Waals surface area contributed by atoms with Crippen LogP contribution in [0.25, 0.3) is 0 Å². The summed E-state index contributed by atoms with van der Waals surface area (Å²) in [6.45, 7) is -4.11. The summed E-state index contributed by atoms with van der Waals surface area (Å²) < 4.78 is 49.8. The molecule has 1 nitrogen and oxygen atoms in total. The first-order chi connectivity index (χ1) is 6.38. The lowest BCUT2D eigenvalue weighted by molar-refractivity contribution is 0.500. The van der Waals surface area contributed by atoms with Gasteiger partial charge in [0.25, 0.3) is 0 Å². The minimum absolute atomic E-state index is 0.260. The van der Waals surface area contributed by atoms with Crippen molar-refractivity contribution in [1.29, 1.82) is 5.26 Å². The first-order valence-electron chi connectivity index (χ1n) is 3.77. The first-order valence-corrected chi connectivity index (χ1v) is 3.77. The molecule has 0 atom stereocenters. The lowest BCUT2D eigenvalue weighted by Gasteiger charge is -2.17. The average Bonchev–Trinajstić information content (AvgIpc) is 2.07. The molecule has 0 heterocycles. The second-order valence-corrected chi connectivity index (χ2v) is 2.82. The van der Waals surface area contributed by atoms with Gasteiger partial charge in [-0.2, -0.15) is 5.26 Å². The molecule has 1 aromatic carbocycles. The van der Waals surface area contributed by atoms with Crippen LogP contribution in [0, 0.1) is 24.1 Å². The number of benzene rings is 1. The van der Waals surface area contributed by atoms with Crippen molar-refractivity contribution in [1.82, 2.24) is 0 Å². The van der Waals surface area contributed by atoms with E-state index in [4.69, 9.17) is 5.26 Å². The van der Waals surface area contributed by atoms with E-state index in [-0.39, 0.29) is 5.56 Å². The fourth-order valence-corrected chi connectivity index (χ4v) is 1.13. The molecule has 14 heavy (non-hydrogen) atoms. The average molecular weight is 202 g/mol. The molecule has 0 fully saturated rings. The number of nitriles is 1. The van der Waals surface area contributed by atoms with Gasteiger partial charge >= 0.3 is 6.98 Å². The topological polar surface area (TPSA) is 23.8 Å². The Hall–Kier alpha value is -1.51. The largest absolute Gasteiger partial charge is 0.510 e. The Labute approximate surface area is 78.0 Å². The van der Waals surface area contributed by atoms with Crippen molar-refractivity contribution in [2.45, 2.75) is 6.92 Å². The van der Waals surface area contributed by atoms with Crippen LogP contribution in [0.5, 0.6) is 0 Å². The van der Waals surface area contributed by atoms with Gasteiger partial charge in [0.15, 0.2) is 0 Å². The summed E-state index contributed by atoms with van der Waals surface area (Å²) in [4.78, 5) is 0. The van der Waals surface area contributed by atoms with Crippen LogP contribution in [-0.2, 0) is 0 Å². The van der Waals surface area contributed by atoms with Crippen LogP contribution < -0.4 is 5.46 Å². The van der Waals surface area contributed by atoms with E-state index < -0.39 is 23.8 Å². The smallest absolute Gasteiger partial charge is 0.445 e. The van der Waals surface area contributed by atoms with Gasteiger partial charge in [0.2, 0.25) is 0 Å². The fourth-order valence-electron chi connectivity index (χ4n) is 1.13. The first kappa shape index (κ1) is 10.6. The summed E-state index contributed by atoms with van der Waals surface area (Å²) in [6.07, 6.45) is 0. The standard InChI is InChI=1S/C8H5BF4N/c1-5-6(4-14)7(9(11,12)13)2-3-8(5)10/h2-3H,1H3/q-1. The zero-order valence-corrected chi connectivity index (χ0v) is 7.19. The van der Waals surface area contributed by atoms with Gasteiger partial charge in [0.05, 0.1) is 6.07 Å². The van der Waals surface area contributed by atoms with Crippen LogP contribution in [0.2, 0.25) is 0 Å². The van der Waals surface area contributed by atoms with Gasteiger partial charge in [-0.1, -0.05) is 11.5 Å². The zero-order valence-electron chi connectivity index (χ0n) is 7.19. The van der Waals surface area contributed by atoms with Crippen LogP contribution in [0.1, 0.15) is 11.1 Å². The van der Waals surface area contributed by atoms with Crippen molar-refractivity contribution >= 4 is 12.4 Å². The second-order valence-electron chi connectivity index (χ2n) is 2.82. The summed E-state index contributed by atoms with van der Waals surface area (Å²) in [6, 6.07) is 2.69. The van der Waals surface area contributed by atoms with E-state index >= 15 is 0 Å². The van der Waals surface area contributed by atoms with Gasteiger partial charge in [-0.15, -0.1) is 0 Å². The molecule has 0 aliphatic carbocycles. The van der Waals surface area contributed by atoms with E-state index in [0.717, 1.165) is 13.0 Å². The molecule has 0 N–H and O–H groups in total. The van der Waals surface area contributed by atoms with E-state index in [1.807, 2.05) is 0 Å². The third-order valence-corrected chi connectivity index (χ3v) is 1.90. The maximum atomic E-state index is 12.8. The molecule has 0 aliphatic rings. The summed E-state index contributed by atoms with van der Waals surface area (Å²) in [5.41, 5.74) is -1.92. The minimum atomic E-state index is -5.26. The Morgan fingerprint density at radius 1 is 1.29 bits per heavy atom. The van der Waals surface area contributed by atoms with Crippen molar-refractivity contribution in [2.24, 2.45) is 0 Å². The molecule has 74 valence electrons. The van der Waals surface area contributed by atoms with Crippen LogP contribution in [-0.4, -0.2) is 6.98 Å². The lowest BCUT2D eigenvalue weighted by atomic mass is 9.76. The predicted octanol–water partition coefficient (Wildman–Crippen LogP) is 2.06. The van der Waals surface area contributed by atoms with Crippen molar-refractivity contribution in [2.75, 3.05) is 0 Å². The molecule has 0 radical (unpaired) electrons. The highest BCUT2D eigenvalue weighted by molar-refractivity contribution is 6.74. The van der Waals surface area contributed by atoms with Crippen LogP contribution >= 0.6 is 0 Å². The normalized spacial score (nSPS) is 11.1. The van der Waals surface area contributed by atoms with Crippen molar-refractivity contribution < 1.29 is 17.3 Å². The molecule has 0 bridgehead atoms. The van der Waals surface area contributed by atoms with E-state index in [1.54, 1.807) is 0 Å². The second kappa shape index (κ2) is 3.33. The van der Waals surface area contributed by atoms with Crippen molar-refractivity contribution in [3.63, 3.8) is 0 Å². The lowest BCUT2D eigenvalue weighted by Crippen LogP contribution is -2.37. The van der Waals surface area contributed by atoms with Gasteiger partial charge in [0, 0.05) is 5.56 Å². The van der Waals surface area contributed by atoms with E-state index in [0.29, 0.717) is 6.07 Å². The van der Waals surface area contributed by atoms with Gasteiger partial charge in [-0.05, 0) is 18.6 Å². The highest BCUT2D eigenvalue weighted by Gasteiger charge is 2.29. The van der Waals surface area contributed by atoms with Crippen molar-refractivity contribution in [3.8, 4) is 6.07 Å². The molecule has 1 rings (SSSR count). The Balaban J connectivity index is 3.49. The molecular weight excluding hydrogens is 197 g/mol. The molecule has 0 spiro atoms. The summed E-state index contributed by atoms with van der Waals surface area (Å²) in [5, 5.41) is 8.48. The molecule has 1 aromatic rings. The zero-order chi connectivity index (χ0) is 10.9. The maximum absolute atomic E-state index is 12.8. The molecule has 0 saturated heterocycles. The molecule has 0 aromatic heterocycles. The van der Waals surface area contributed by atoms with Crippen LogP contribution in [0.15, 0.2) is 12.1 Å². The number of hydrogen-bond donors (Lipinski definition) is 0. The minimum Gasteiger partial charge on any atom is -0.445 e. The summed E-state index contributed by atoms with van der Waals surface area (Å²) in [7, 11) is 0. The van der Waals surface area contributed by atoms with Crippen LogP contribution in [0.3, 0.4) is 0 Å². The van der Waals surface area contributed by atoms with E-state index in [9.17, 15) is 17.3 Å². The van der Waals surface area contributed by atoms with Gasteiger partial charge in [0.1, 0.15) is 5.82 Å². The Kier molecular flexibility index (Phi) is 2.52. The highest BCUT2D eigenvalue weighted by Crippen LogP contribution is 2.16. The summed E-state index contributed by atoms with van der Waals surface area (Å²) >= 11 is 0. The fraction of sp³-hybridized carbons (Fsp3) is 0.125. The Morgan fingerprint density at radius 2 is 1.86 bits per heavy atom. The SMILES string of the molecule is Cc1c(F)ccc([B-](F)(F)F)c1C#N. The molecular formula is C8H5BF4N-. The van der Waals surface area contributed by atoms with E-state index in [2.05, 4.69) is 0 Å². The third kappa shape index (κ3) is 1.71. The Bertz CT molecular complexity index is 405. The number of halogens is 4. The molecule has 0 amide bonds. The van der Waals surface area contributed by atoms with Crippen LogP contribution in [0.4, 0.5) is 17.3 Å². The molecule has 0 aliphatic heterocycles. The molecule has 6 heteroatoms. The maximum Gasteiger partial charge on any atom is 0.510 e.